The Bertz CT molecular complexity index is 1210. The van der Waals surface area contributed by atoms with E-state index in [1.165, 1.54) is 6.92 Å². The molecule has 2 N–H and O–H groups in total. The number of halogens is 3. The second kappa shape index (κ2) is 13.1. The molecule has 3 saturated heterocycles. The maximum Gasteiger partial charge on any atom is 0.258 e. The molecule has 0 radical (unpaired) electrons. The maximum atomic E-state index is 13.1. The van der Waals surface area contributed by atoms with Gasteiger partial charge in [0.15, 0.2) is 5.60 Å². The summed E-state index contributed by atoms with van der Waals surface area (Å²) in [5.74, 6) is -0.468. The van der Waals surface area contributed by atoms with Gasteiger partial charge in [0, 0.05) is 56.0 Å². The Hall–Kier alpha value is -1.72. The van der Waals surface area contributed by atoms with Crippen LogP contribution in [0.2, 0.25) is 15.1 Å². The summed E-state index contributed by atoms with van der Waals surface area (Å²) >= 11 is 19.0. The van der Waals surface area contributed by atoms with Crippen molar-refractivity contribution in [3.63, 3.8) is 0 Å². The van der Waals surface area contributed by atoms with Crippen molar-refractivity contribution in [3.8, 4) is 0 Å². The van der Waals surface area contributed by atoms with Crippen molar-refractivity contribution in [2.45, 2.75) is 37.5 Å². The molecule has 2 amide bonds. The molecule has 3 aliphatic heterocycles. The number of amides is 2. The number of ether oxygens (including phenoxy) is 1. The highest BCUT2D eigenvalue weighted by atomic mass is 35.5. The van der Waals surface area contributed by atoms with E-state index in [9.17, 15) is 14.7 Å². The Morgan fingerprint density at radius 3 is 2.20 bits per heavy atom. The van der Waals surface area contributed by atoms with Gasteiger partial charge in [-0.25, -0.2) is 0 Å². The number of hydrogen-bond acceptors (Lipinski definition) is 6. The molecule has 3 heterocycles. The zero-order valence-corrected chi connectivity index (χ0v) is 25.6. The molecular weight excluding hydrogens is 595 g/mol. The van der Waals surface area contributed by atoms with Crippen LogP contribution in [0.4, 0.5) is 5.69 Å². The SMILES string of the molecule is C[C@@](O)(C(=O)N1CCC(N2CC(Nc3cc(Cl)c(C(=O)N4CCOCC4)c(Cl)c3)C2)CC1)c1cccc(Cl)c1.S. The standard InChI is InChI=1S/C28H33Cl3N4O4.H2S/c1-28(38,18-3-2-4-19(29)13-18)27(37)34-7-5-22(6-8-34)35-16-21(17-35)32-20-14-23(30)25(24(31)15-20)26(36)33-9-11-39-12-10-33;/h2-4,13-15,21-22,32,38H,5-12,16-17H2,1H3;1H2/t28-;/m0./s1. The molecule has 0 aromatic heterocycles. The summed E-state index contributed by atoms with van der Waals surface area (Å²) in [5, 5.41) is 15.6. The number of hydrogen-bond donors (Lipinski definition) is 2. The van der Waals surface area contributed by atoms with E-state index in [-0.39, 0.29) is 31.4 Å². The van der Waals surface area contributed by atoms with Gasteiger partial charge in [0.1, 0.15) is 0 Å². The van der Waals surface area contributed by atoms with Crippen LogP contribution in [0.3, 0.4) is 0 Å². The first kappa shape index (κ1) is 31.2. The number of aliphatic hydroxyl groups is 1. The summed E-state index contributed by atoms with van der Waals surface area (Å²) < 4.78 is 5.32. The molecule has 1 atom stereocenters. The molecule has 0 bridgehead atoms. The van der Waals surface area contributed by atoms with Gasteiger partial charge < -0.3 is 25.0 Å². The first-order valence-electron chi connectivity index (χ1n) is 13.3. The Morgan fingerprint density at radius 2 is 1.60 bits per heavy atom. The van der Waals surface area contributed by atoms with E-state index in [4.69, 9.17) is 39.5 Å². The molecule has 0 unspecified atom stereocenters. The Labute approximate surface area is 256 Å². The third-order valence-corrected chi connectivity index (χ3v) is 8.74. The third-order valence-electron chi connectivity index (χ3n) is 7.91. The van der Waals surface area contributed by atoms with Crippen LogP contribution in [-0.4, -0.2) is 96.2 Å². The molecule has 0 spiro atoms. The fraction of sp³-hybridized carbons (Fsp3) is 0.500. The van der Waals surface area contributed by atoms with Crippen molar-refractivity contribution < 1.29 is 19.4 Å². The van der Waals surface area contributed by atoms with Gasteiger partial charge in [-0.1, -0.05) is 46.9 Å². The summed E-state index contributed by atoms with van der Waals surface area (Å²) in [6.07, 6.45) is 1.69. The Balaban J connectivity index is 0.00000370. The molecule has 3 fully saturated rings. The Kier molecular flexibility index (Phi) is 10.2. The van der Waals surface area contributed by atoms with Gasteiger partial charge in [-0.3, -0.25) is 14.5 Å². The number of benzene rings is 2. The number of morpholine rings is 1. The third kappa shape index (κ3) is 6.67. The fourth-order valence-corrected chi connectivity index (χ4v) is 6.42. The molecule has 40 heavy (non-hydrogen) atoms. The first-order valence-corrected chi connectivity index (χ1v) is 14.4. The lowest BCUT2D eigenvalue weighted by atomic mass is 9.92. The quantitative estimate of drug-likeness (QED) is 0.498. The molecule has 8 nitrogen and oxygen atoms in total. The molecule has 3 aliphatic rings. The van der Waals surface area contributed by atoms with Gasteiger partial charge in [0.05, 0.1) is 34.9 Å². The summed E-state index contributed by atoms with van der Waals surface area (Å²) in [7, 11) is 0. The summed E-state index contributed by atoms with van der Waals surface area (Å²) in [5.41, 5.74) is 0.000000532. The van der Waals surface area contributed by atoms with E-state index in [2.05, 4.69) is 10.2 Å². The van der Waals surface area contributed by atoms with Gasteiger partial charge in [-0.15, -0.1) is 0 Å². The van der Waals surface area contributed by atoms with Gasteiger partial charge >= 0.3 is 0 Å². The zero-order chi connectivity index (χ0) is 27.7. The molecule has 12 heteroatoms. The largest absolute Gasteiger partial charge is 0.380 e. The van der Waals surface area contributed by atoms with Crippen molar-refractivity contribution in [1.82, 2.24) is 14.7 Å². The topological polar surface area (TPSA) is 85.3 Å². The first-order chi connectivity index (χ1) is 18.6. The predicted molar refractivity (Wildman–Crippen MR) is 163 cm³/mol. The number of carbonyl (C=O) groups excluding carboxylic acids is 2. The number of nitrogens with zero attached hydrogens (tertiary/aromatic N) is 3. The minimum atomic E-state index is -1.62. The smallest absolute Gasteiger partial charge is 0.258 e. The van der Waals surface area contributed by atoms with Crippen LogP contribution in [0.5, 0.6) is 0 Å². The van der Waals surface area contributed by atoms with E-state index in [1.54, 1.807) is 46.2 Å². The number of anilines is 1. The monoisotopic (exact) mass is 628 g/mol. The van der Waals surface area contributed by atoms with E-state index >= 15 is 0 Å². The van der Waals surface area contributed by atoms with E-state index in [0.717, 1.165) is 31.6 Å². The fourth-order valence-electron chi connectivity index (χ4n) is 5.58. The van der Waals surface area contributed by atoms with Gasteiger partial charge in [-0.05, 0) is 49.6 Å². The number of likely N-dealkylation sites (tertiary alicyclic amines) is 2. The average Bonchev–Trinajstić information content (AvgIpc) is 2.90. The molecule has 0 aliphatic carbocycles. The van der Waals surface area contributed by atoms with Crippen LogP contribution in [0, 0.1) is 0 Å². The molecule has 2 aromatic rings. The average molecular weight is 630 g/mol. The number of piperidine rings is 1. The number of nitrogens with one attached hydrogen (secondary N) is 1. The van der Waals surface area contributed by atoms with Crippen molar-refractivity contribution in [3.05, 3.63) is 62.6 Å². The van der Waals surface area contributed by atoms with Crippen LogP contribution < -0.4 is 5.32 Å². The summed E-state index contributed by atoms with van der Waals surface area (Å²) in [6, 6.07) is 11.0. The van der Waals surface area contributed by atoms with E-state index < -0.39 is 5.60 Å². The van der Waals surface area contributed by atoms with Crippen molar-refractivity contribution in [2.24, 2.45) is 0 Å². The highest BCUT2D eigenvalue weighted by molar-refractivity contribution is 7.59. The predicted octanol–water partition coefficient (Wildman–Crippen LogP) is 4.23. The van der Waals surface area contributed by atoms with Gasteiger partial charge in [-0.2, -0.15) is 13.5 Å². The van der Waals surface area contributed by atoms with E-state index in [0.29, 0.717) is 71.6 Å². The van der Waals surface area contributed by atoms with Crippen molar-refractivity contribution >= 4 is 65.8 Å². The van der Waals surface area contributed by atoms with Crippen LogP contribution in [0.1, 0.15) is 35.7 Å². The molecule has 2 aromatic carbocycles. The Morgan fingerprint density at radius 1 is 0.975 bits per heavy atom. The van der Waals surface area contributed by atoms with Crippen molar-refractivity contribution in [1.29, 1.82) is 0 Å². The minimum Gasteiger partial charge on any atom is -0.380 e. The van der Waals surface area contributed by atoms with Crippen LogP contribution in [0.15, 0.2) is 36.4 Å². The maximum absolute atomic E-state index is 13.1. The molecule has 5 rings (SSSR count). The second-order valence-corrected chi connectivity index (χ2v) is 11.9. The number of rotatable bonds is 6. The summed E-state index contributed by atoms with van der Waals surface area (Å²) in [4.78, 5) is 31.9. The van der Waals surface area contributed by atoms with Crippen LogP contribution in [-0.2, 0) is 15.1 Å². The second-order valence-electron chi connectivity index (χ2n) is 10.6. The highest BCUT2D eigenvalue weighted by Gasteiger charge is 2.40. The molecule has 218 valence electrons. The van der Waals surface area contributed by atoms with Gasteiger partial charge in [0.2, 0.25) is 0 Å². The highest BCUT2D eigenvalue weighted by Crippen LogP contribution is 2.33. The lowest BCUT2D eigenvalue weighted by Crippen LogP contribution is -2.61. The number of carbonyl (C=O) groups is 2. The lowest BCUT2D eigenvalue weighted by molar-refractivity contribution is -0.152. The van der Waals surface area contributed by atoms with E-state index in [1.807, 2.05) is 0 Å². The minimum absolute atomic E-state index is 0. The summed E-state index contributed by atoms with van der Waals surface area (Å²) in [6.45, 7) is 6.52. The van der Waals surface area contributed by atoms with Crippen LogP contribution in [0.25, 0.3) is 0 Å². The molecular formula is C28H35Cl3N4O4S. The molecule has 0 saturated carbocycles. The lowest BCUT2D eigenvalue weighted by Gasteiger charge is -2.48. The van der Waals surface area contributed by atoms with Crippen LogP contribution >= 0.6 is 48.3 Å². The van der Waals surface area contributed by atoms with Crippen molar-refractivity contribution in [2.75, 3.05) is 57.8 Å². The van der Waals surface area contributed by atoms with Gasteiger partial charge in [0.25, 0.3) is 11.8 Å². The zero-order valence-electron chi connectivity index (χ0n) is 22.3. The normalized spacial score (nSPS) is 20.3.